The van der Waals surface area contributed by atoms with Crippen LogP contribution in [0.3, 0.4) is 0 Å². The van der Waals surface area contributed by atoms with Gasteiger partial charge in [-0.25, -0.2) is 4.79 Å². The summed E-state index contributed by atoms with van der Waals surface area (Å²) in [6, 6.07) is 0.103. The van der Waals surface area contributed by atoms with E-state index in [4.69, 9.17) is 0 Å². The van der Waals surface area contributed by atoms with Gasteiger partial charge < -0.3 is 15.1 Å². The summed E-state index contributed by atoms with van der Waals surface area (Å²) in [5, 5.41) is 3.11. The molecule has 1 atom stereocenters. The molecule has 0 aromatic carbocycles. The van der Waals surface area contributed by atoms with Crippen molar-refractivity contribution in [2.45, 2.75) is 232 Å². The molecule has 1 aliphatic rings. The Morgan fingerprint density at radius 2 is 0.891 bits per heavy atom. The molecule has 272 valence electrons. The summed E-state index contributed by atoms with van der Waals surface area (Å²) in [5.74, 6) is 0.356. The number of nitrogens with zero attached hydrogens (tertiary/aromatic N) is 2. The fourth-order valence-electron chi connectivity index (χ4n) is 6.99. The normalized spacial score (nSPS) is 14.5. The highest BCUT2D eigenvalue weighted by Gasteiger charge is 2.33. The Morgan fingerprint density at radius 3 is 1.30 bits per heavy atom. The zero-order chi connectivity index (χ0) is 33.3. The lowest BCUT2D eigenvalue weighted by atomic mass is 10.0. The summed E-state index contributed by atoms with van der Waals surface area (Å²) in [6.45, 7) is 9.53. The Labute approximate surface area is 288 Å². The van der Waals surface area contributed by atoms with Crippen LogP contribution in [0.25, 0.3) is 0 Å². The van der Waals surface area contributed by atoms with E-state index >= 15 is 0 Å². The number of hydrogen-bond donors (Lipinski definition) is 1. The molecule has 1 aliphatic heterocycles. The van der Waals surface area contributed by atoms with E-state index < -0.39 is 0 Å². The Hall–Kier alpha value is -1.26. The van der Waals surface area contributed by atoms with Crippen molar-refractivity contribution < 1.29 is 9.59 Å². The molecule has 1 N–H and O–H groups in total. The molecular formula is C41H81N3O2. The second-order valence-corrected chi connectivity index (χ2v) is 14.6. The maximum Gasteiger partial charge on any atom is 0.320 e. The highest BCUT2D eigenvalue weighted by Crippen LogP contribution is 2.19. The van der Waals surface area contributed by atoms with E-state index in [1.54, 1.807) is 0 Å². The van der Waals surface area contributed by atoms with Crippen molar-refractivity contribution in [1.82, 2.24) is 15.1 Å². The minimum Gasteiger partial charge on any atom is -0.343 e. The fourth-order valence-corrected chi connectivity index (χ4v) is 6.99. The van der Waals surface area contributed by atoms with E-state index in [1.165, 1.54) is 161 Å². The van der Waals surface area contributed by atoms with Gasteiger partial charge in [-0.3, -0.25) is 4.79 Å². The summed E-state index contributed by atoms with van der Waals surface area (Å²) in [5.41, 5.74) is 0. The Bertz CT molecular complexity index is 669. The molecule has 46 heavy (non-hydrogen) atoms. The number of urea groups is 1. The van der Waals surface area contributed by atoms with Gasteiger partial charge in [-0.15, -0.1) is 0 Å². The summed E-state index contributed by atoms with van der Waals surface area (Å²) in [6.07, 6.45) is 41.0. The van der Waals surface area contributed by atoms with Crippen LogP contribution in [-0.2, 0) is 4.79 Å². The van der Waals surface area contributed by atoms with E-state index in [1.807, 2.05) is 4.90 Å². The van der Waals surface area contributed by atoms with E-state index in [2.05, 4.69) is 31.0 Å². The maximum atomic E-state index is 13.1. The molecule has 1 unspecified atom stereocenters. The van der Waals surface area contributed by atoms with Crippen LogP contribution in [0.1, 0.15) is 226 Å². The van der Waals surface area contributed by atoms with Gasteiger partial charge in [0.05, 0.1) is 0 Å². The quantitative estimate of drug-likeness (QED) is 0.0688. The van der Waals surface area contributed by atoms with Gasteiger partial charge in [-0.2, -0.15) is 0 Å². The predicted molar refractivity (Wildman–Crippen MR) is 200 cm³/mol. The SMILES string of the molecule is CCCCCCCCCCCCCCCCCC1NC(=O)N1CCCCCC(=O)N(CCCCCCCC)CCCCCCCC. The number of carbonyl (C=O) groups is 2. The van der Waals surface area contributed by atoms with Crippen LogP contribution in [0.4, 0.5) is 4.79 Å². The number of rotatable bonds is 36. The number of nitrogens with one attached hydrogen (secondary N) is 1. The number of amides is 3. The fraction of sp³-hybridized carbons (Fsp3) is 0.951. The number of hydrogen-bond acceptors (Lipinski definition) is 2. The molecule has 1 fully saturated rings. The second kappa shape index (κ2) is 32.3. The molecule has 0 aromatic heterocycles. The highest BCUT2D eigenvalue weighted by molar-refractivity contribution is 5.80. The lowest BCUT2D eigenvalue weighted by Gasteiger charge is -2.42. The lowest BCUT2D eigenvalue weighted by molar-refractivity contribution is -0.131. The first-order valence-corrected chi connectivity index (χ1v) is 21.0. The van der Waals surface area contributed by atoms with Crippen molar-refractivity contribution in [3.05, 3.63) is 0 Å². The van der Waals surface area contributed by atoms with Crippen LogP contribution in [0.5, 0.6) is 0 Å². The first kappa shape index (κ1) is 42.8. The first-order valence-electron chi connectivity index (χ1n) is 21.0. The lowest BCUT2D eigenvalue weighted by Crippen LogP contribution is -2.65. The van der Waals surface area contributed by atoms with E-state index in [0.717, 1.165) is 58.2 Å². The molecule has 0 saturated carbocycles. The molecule has 0 aliphatic carbocycles. The van der Waals surface area contributed by atoms with Crippen LogP contribution in [-0.4, -0.2) is 47.5 Å². The third-order valence-electron chi connectivity index (χ3n) is 10.2. The van der Waals surface area contributed by atoms with Crippen molar-refractivity contribution in [3.8, 4) is 0 Å². The van der Waals surface area contributed by atoms with Crippen molar-refractivity contribution in [2.24, 2.45) is 0 Å². The maximum absolute atomic E-state index is 13.1. The van der Waals surface area contributed by atoms with E-state index in [-0.39, 0.29) is 12.2 Å². The zero-order valence-corrected chi connectivity index (χ0v) is 31.5. The molecule has 0 aromatic rings. The Morgan fingerprint density at radius 1 is 0.522 bits per heavy atom. The number of unbranched alkanes of at least 4 members (excludes halogenated alkanes) is 26. The molecule has 1 heterocycles. The van der Waals surface area contributed by atoms with Gasteiger partial charge in [-0.05, 0) is 38.5 Å². The van der Waals surface area contributed by atoms with Gasteiger partial charge in [0.2, 0.25) is 5.91 Å². The molecule has 3 amide bonds. The predicted octanol–water partition coefficient (Wildman–Crippen LogP) is 12.7. The minimum absolute atomic E-state index is 0.103. The average Bonchev–Trinajstić information content (AvgIpc) is 3.05. The summed E-state index contributed by atoms with van der Waals surface area (Å²) >= 11 is 0. The summed E-state index contributed by atoms with van der Waals surface area (Å²) in [4.78, 5) is 29.5. The van der Waals surface area contributed by atoms with E-state index in [9.17, 15) is 9.59 Å². The second-order valence-electron chi connectivity index (χ2n) is 14.6. The van der Waals surface area contributed by atoms with Crippen molar-refractivity contribution in [1.29, 1.82) is 0 Å². The standard InChI is InChI=1S/C41H81N3O2/c1-4-7-10-13-16-17-18-19-20-21-22-23-24-25-29-34-39-42-41(46)44(39)38-33-28-30-35-40(45)43(36-31-26-14-11-8-5-2)37-32-27-15-12-9-6-3/h39H,4-38H2,1-3H3,(H,42,46). The van der Waals surface area contributed by atoms with Gasteiger partial charge in [0, 0.05) is 26.1 Å². The Kier molecular flexibility index (Phi) is 30.0. The molecule has 5 heteroatoms. The van der Waals surface area contributed by atoms with Crippen molar-refractivity contribution in [3.63, 3.8) is 0 Å². The molecular weight excluding hydrogens is 566 g/mol. The van der Waals surface area contributed by atoms with E-state index in [0.29, 0.717) is 12.3 Å². The molecule has 5 nitrogen and oxygen atoms in total. The van der Waals surface area contributed by atoms with Gasteiger partial charge >= 0.3 is 6.03 Å². The van der Waals surface area contributed by atoms with Gasteiger partial charge in [-0.1, -0.05) is 181 Å². The van der Waals surface area contributed by atoms with Crippen LogP contribution in [0, 0.1) is 0 Å². The molecule has 0 radical (unpaired) electrons. The van der Waals surface area contributed by atoms with Crippen molar-refractivity contribution in [2.75, 3.05) is 19.6 Å². The summed E-state index contributed by atoms with van der Waals surface area (Å²) < 4.78 is 0. The highest BCUT2D eigenvalue weighted by atomic mass is 16.2. The third kappa shape index (κ3) is 24.0. The van der Waals surface area contributed by atoms with Gasteiger partial charge in [0.1, 0.15) is 6.17 Å². The molecule has 0 spiro atoms. The van der Waals surface area contributed by atoms with Crippen LogP contribution < -0.4 is 5.32 Å². The van der Waals surface area contributed by atoms with Crippen LogP contribution >= 0.6 is 0 Å². The molecule has 0 bridgehead atoms. The molecule has 1 saturated heterocycles. The molecule has 1 rings (SSSR count). The average molecular weight is 648 g/mol. The monoisotopic (exact) mass is 648 g/mol. The number of carbonyl (C=O) groups excluding carboxylic acids is 2. The Balaban J connectivity index is 2.10. The topological polar surface area (TPSA) is 52.7 Å². The van der Waals surface area contributed by atoms with Crippen LogP contribution in [0.15, 0.2) is 0 Å². The van der Waals surface area contributed by atoms with Crippen LogP contribution in [0.2, 0.25) is 0 Å². The minimum atomic E-state index is 0.103. The summed E-state index contributed by atoms with van der Waals surface area (Å²) in [7, 11) is 0. The third-order valence-corrected chi connectivity index (χ3v) is 10.2. The van der Waals surface area contributed by atoms with Crippen molar-refractivity contribution >= 4 is 11.9 Å². The smallest absolute Gasteiger partial charge is 0.320 e. The van der Waals surface area contributed by atoms with Gasteiger partial charge in [0.15, 0.2) is 0 Å². The zero-order valence-electron chi connectivity index (χ0n) is 31.5. The van der Waals surface area contributed by atoms with Gasteiger partial charge in [0.25, 0.3) is 0 Å². The first-order chi connectivity index (χ1) is 22.6. The largest absolute Gasteiger partial charge is 0.343 e.